The molecule has 2 heteroatoms. The summed E-state index contributed by atoms with van der Waals surface area (Å²) in [4.78, 5) is 10.5. The van der Waals surface area contributed by atoms with E-state index in [4.69, 9.17) is 5.73 Å². The normalized spacial score (nSPS) is 18.3. The molecule has 1 aliphatic rings. The molecule has 0 spiro atoms. The average molecular weight is 197 g/mol. The maximum absolute atomic E-state index is 10.5. The van der Waals surface area contributed by atoms with Crippen LogP contribution in [-0.2, 0) is 4.79 Å². The summed E-state index contributed by atoms with van der Waals surface area (Å²) in [6.07, 6.45) is 12.6. The standard InChI is InChI=1S/C12H23NO/c13-12(14)10-6-2-5-9-11-7-3-1-4-8-11/h11H,1-10H2,(H2,13,14). The number of primary amides is 1. The minimum absolute atomic E-state index is 0.150. The third-order valence-corrected chi connectivity index (χ3v) is 3.26. The SMILES string of the molecule is NC(=O)CCCCCC1CCCCC1. The van der Waals surface area contributed by atoms with Crippen LogP contribution < -0.4 is 5.73 Å². The molecule has 0 aliphatic heterocycles. The summed E-state index contributed by atoms with van der Waals surface area (Å²) in [6, 6.07) is 0. The maximum atomic E-state index is 10.5. The Morgan fingerprint density at radius 1 is 1.07 bits per heavy atom. The largest absolute Gasteiger partial charge is 0.370 e. The molecule has 0 unspecified atom stereocenters. The summed E-state index contributed by atoms with van der Waals surface area (Å²) in [5, 5.41) is 0. The smallest absolute Gasteiger partial charge is 0.217 e. The average Bonchev–Trinajstić information content (AvgIpc) is 2.18. The first-order valence-electron chi connectivity index (χ1n) is 6.07. The second-order valence-electron chi connectivity index (χ2n) is 4.57. The van der Waals surface area contributed by atoms with Gasteiger partial charge in [-0.2, -0.15) is 0 Å². The molecule has 0 bridgehead atoms. The van der Waals surface area contributed by atoms with Gasteiger partial charge in [0.2, 0.25) is 5.91 Å². The lowest BCUT2D eigenvalue weighted by molar-refractivity contribution is -0.118. The van der Waals surface area contributed by atoms with Crippen molar-refractivity contribution in [2.75, 3.05) is 0 Å². The third kappa shape index (κ3) is 5.25. The Morgan fingerprint density at radius 3 is 2.43 bits per heavy atom. The van der Waals surface area contributed by atoms with Gasteiger partial charge in [0.1, 0.15) is 0 Å². The highest BCUT2D eigenvalue weighted by Gasteiger charge is 2.12. The molecule has 82 valence electrons. The molecule has 1 amide bonds. The van der Waals surface area contributed by atoms with E-state index in [-0.39, 0.29) is 5.91 Å². The van der Waals surface area contributed by atoms with Crippen molar-refractivity contribution in [2.45, 2.75) is 64.2 Å². The minimum atomic E-state index is -0.150. The Hall–Kier alpha value is -0.530. The molecule has 1 saturated carbocycles. The fourth-order valence-electron chi connectivity index (χ4n) is 2.38. The predicted octanol–water partition coefficient (Wildman–Crippen LogP) is 3.00. The molecule has 0 atom stereocenters. The molecule has 1 rings (SSSR count). The summed E-state index contributed by atoms with van der Waals surface area (Å²) in [5.74, 6) is 0.833. The van der Waals surface area contributed by atoms with Crippen LogP contribution in [0.15, 0.2) is 0 Å². The number of carbonyl (C=O) groups is 1. The lowest BCUT2D eigenvalue weighted by Gasteiger charge is -2.21. The molecule has 2 nitrogen and oxygen atoms in total. The quantitative estimate of drug-likeness (QED) is 0.653. The van der Waals surface area contributed by atoms with E-state index < -0.39 is 0 Å². The van der Waals surface area contributed by atoms with Crippen LogP contribution in [0.3, 0.4) is 0 Å². The van der Waals surface area contributed by atoms with Gasteiger partial charge in [-0.15, -0.1) is 0 Å². The second kappa shape index (κ2) is 6.86. The number of carbonyl (C=O) groups excluding carboxylic acids is 1. The Bertz CT molecular complexity index is 162. The van der Waals surface area contributed by atoms with Gasteiger partial charge in [0.15, 0.2) is 0 Å². The van der Waals surface area contributed by atoms with Gasteiger partial charge < -0.3 is 5.73 Å². The van der Waals surface area contributed by atoms with E-state index in [0.717, 1.165) is 12.3 Å². The van der Waals surface area contributed by atoms with Crippen molar-refractivity contribution in [1.29, 1.82) is 0 Å². The molecular weight excluding hydrogens is 174 g/mol. The monoisotopic (exact) mass is 197 g/mol. The molecule has 0 heterocycles. The van der Waals surface area contributed by atoms with Crippen LogP contribution in [0.2, 0.25) is 0 Å². The zero-order chi connectivity index (χ0) is 10.2. The molecule has 14 heavy (non-hydrogen) atoms. The van der Waals surface area contributed by atoms with E-state index in [2.05, 4.69) is 0 Å². The van der Waals surface area contributed by atoms with Gasteiger partial charge in [0.25, 0.3) is 0 Å². The number of nitrogens with two attached hydrogens (primary N) is 1. The van der Waals surface area contributed by atoms with E-state index in [1.807, 2.05) is 0 Å². The number of rotatable bonds is 6. The van der Waals surface area contributed by atoms with Crippen molar-refractivity contribution in [2.24, 2.45) is 11.7 Å². The van der Waals surface area contributed by atoms with E-state index >= 15 is 0 Å². The van der Waals surface area contributed by atoms with Crippen LogP contribution in [0.4, 0.5) is 0 Å². The van der Waals surface area contributed by atoms with Crippen molar-refractivity contribution < 1.29 is 4.79 Å². The molecular formula is C12H23NO. The summed E-state index contributed by atoms with van der Waals surface area (Å²) in [6.45, 7) is 0. The van der Waals surface area contributed by atoms with Crippen molar-refractivity contribution in [3.63, 3.8) is 0 Å². The van der Waals surface area contributed by atoms with Gasteiger partial charge in [-0.05, 0) is 12.3 Å². The lowest BCUT2D eigenvalue weighted by atomic mass is 9.85. The number of hydrogen-bond acceptors (Lipinski definition) is 1. The van der Waals surface area contributed by atoms with Crippen molar-refractivity contribution >= 4 is 5.91 Å². The zero-order valence-electron chi connectivity index (χ0n) is 9.13. The van der Waals surface area contributed by atoms with Crippen molar-refractivity contribution in [3.8, 4) is 0 Å². The van der Waals surface area contributed by atoms with E-state index in [1.54, 1.807) is 0 Å². The van der Waals surface area contributed by atoms with Crippen LogP contribution >= 0.6 is 0 Å². The topological polar surface area (TPSA) is 43.1 Å². The Labute approximate surface area is 87.2 Å². The van der Waals surface area contributed by atoms with E-state index in [9.17, 15) is 4.79 Å². The maximum Gasteiger partial charge on any atom is 0.217 e. The molecule has 0 saturated heterocycles. The Kier molecular flexibility index (Phi) is 5.65. The number of hydrogen-bond donors (Lipinski definition) is 1. The fourth-order valence-corrected chi connectivity index (χ4v) is 2.38. The third-order valence-electron chi connectivity index (χ3n) is 3.26. The lowest BCUT2D eigenvalue weighted by Crippen LogP contribution is -2.10. The Balaban J connectivity index is 1.90. The van der Waals surface area contributed by atoms with Gasteiger partial charge in [0, 0.05) is 6.42 Å². The van der Waals surface area contributed by atoms with Gasteiger partial charge in [-0.25, -0.2) is 0 Å². The molecule has 0 aromatic rings. The highest BCUT2D eigenvalue weighted by Crippen LogP contribution is 2.27. The highest BCUT2D eigenvalue weighted by molar-refractivity contribution is 5.73. The van der Waals surface area contributed by atoms with Crippen LogP contribution in [-0.4, -0.2) is 5.91 Å². The van der Waals surface area contributed by atoms with E-state index in [1.165, 1.54) is 51.4 Å². The summed E-state index contributed by atoms with van der Waals surface area (Å²) in [5.41, 5.74) is 5.08. The zero-order valence-corrected chi connectivity index (χ0v) is 9.13. The van der Waals surface area contributed by atoms with Crippen LogP contribution in [0.25, 0.3) is 0 Å². The predicted molar refractivity (Wildman–Crippen MR) is 58.9 cm³/mol. The first-order valence-corrected chi connectivity index (χ1v) is 6.07. The van der Waals surface area contributed by atoms with Crippen LogP contribution in [0.1, 0.15) is 64.2 Å². The number of amides is 1. The highest BCUT2D eigenvalue weighted by atomic mass is 16.1. The van der Waals surface area contributed by atoms with Gasteiger partial charge >= 0.3 is 0 Å². The fraction of sp³-hybridized carbons (Fsp3) is 0.917. The summed E-state index contributed by atoms with van der Waals surface area (Å²) >= 11 is 0. The first-order chi connectivity index (χ1) is 6.79. The molecule has 1 fully saturated rings. The van der Waals surface area contributed by atoms with Crippen LogP contribution in [0.5, 0.6) is 0 Å². The van der Waals surface area contributed by atoms with E-state index in [0.29, 0.717) is 6.42 Å². The number of unbranched alkanes of at least 4 members (excludes halogenated alkanes) is 2. The second-order valence-corrected chi connectivity index (χ2v) is 4.57. The van der Waals surface area contributed by atoms with Crippen molar-refractivity contribution in [3.05, 3.63) is 0 Å². The summed E-state index contributed by atoms with van der Waals surface area (Å²) < 4.78 is 0. The summed E-state index contributed by atoms with van der Waals surface area (Å²) in [7, 11) is 0. The molecule has 0 aromatic carbocycles. The first kappa shape index (κ1) is 11.5. The molecule has 1 aliphatic carbocycles. The molecule has 0 radical (unpaired) electrons. The van der Waals surface area contributed by atoms with Gasteiger partial charge in [0.05, 0.1) is 0 Å². The van der Waals surface area contributed by atoms with Gasteiger partial charge in [-0.1, -0.05) is 51.4 Å². The molecule has 0 aromatic heterocycles. The molecule has 2 N–H and O–H groups in total. The van der Waals surface area contributed by atoms with Gasteiger partial charge in [-0.3, -0.25) is 4.79 Å². The Morgan fingerprint density at radius 2 is 1.79 bits per heavy atom. The van der Waals surface area contributed by atoms with Crippen LogP contribution in [0, 0.1) is 5.92 Å². The minimum Gasteiger partial charge on any atom is -0.370 e. The van der Waals surface area contributed by atoms with Crippen molar-refractivity contribution in [1.82, 2.24) is 0 Å².